The average Bonchev–Trinajstić information content (AvgIpc) is 2.72. The van der Waals surface area contributed by atoms with Gasteiger partial charge in [0.2, 0.25) is 0 Å². The number of hydrogen-bond donors (Lipinski definition) is 1. The molecule has 5 nitrogen and oxygen atoms in total. The second-order valence-electron chi connectivity index (χ2n) is 4.49. The van der Waals surface area contributed by atoms with Crippen molar-refractivity contribution in [2.75, 3.05) is 10.6 Å². The minimum absolute atomic E-state index is 0.159. The summed E-state index contributed by atoms with van der Waals surface area (Å²) in [4.78, 5) is 25.9. The number of imide groups is 1. The van der Waals surface area contributed by atoms with Gasteiger partial charge in [-0.15, -0.1) is 0 Å². The molecule has 3 rings (SSSR count). The highest BCUT2D eigenvalue weighted by molar-refractivity contribution is 6.37. The van der Waals surface area contributed by atoms with Gasteiger partial charge >= 0.3 is 0 Å². The van der Waals surface area contributed by atoms with Crippen molar-refractivity contribution in [1.29, 1.82) is 5.26 Å². The van der Waals surface area contributed by atoms with Gasteiger partial charge < -0.3 is 5.73 Å². The van der Waals surface area contributed by atoms with E-state index < -0.39 is 11.8 Å². The second kappa shape index (κ2) is 4.62. The van der Waals surface area contributed by atoms with Gasteiger partial charge in [0.25, 0.3) is 11.8 Å². The molecule has 2 N–H and O–H groups in total. The van der Waals surface area contributed by atoms with E-state index in [0.717, 1.165) is 4.90 Å². The van der Waals surface area contributed by atoms with Crippen molar-refractivity contribution >= 4 is 34.8 Å². The number of halogens is 1. The Labute approximate surface area is 125 Å². The van der Waals surface area contributed by atoms with Crippen LogP contribution in [0.4, 0.5) is 11.4 Å². The molecule has 1 aliphatic rings. The van der Waals surface area contributed by atoms with Crippen LogP contribution in [0.1, 0.15) is 26.3 Å². The number of nitrogens with zero attached hydrogens (tertiary/aromatic N) is 2. The smallest absolute Gasteiger partial charge is 0.268 e. The molecule has 0 radical (unpaired) electrons. The Kier molecular flexibility index (Phi) is 2.89. The molecule has 0 unspecified atom stereocenters. The molecule has 2 aromatic rings. The van der Waals surface area contributed by atoms with E-state index in [1.807, 2.05) is 6.07 Å². The molecule has 21 heavy (non-hydrogen) atoms. The molecule has 6 heteroatoms. The van der Waals surface area contributed by atoms with Gasteiger partial charge in [-0.25, -0.2) is 4.90 Å². The molecule has 0 fully saturated rings. The van der Waals surface area contributed by atoms with Crippen molar-refractivity contribution in [2.45, 2.75) is 0 Å². The molecule has 0 aliphatic carbocycles. The Morgan fingerprint density at radius 1 is 1.14 bits per heavy atom. The zero-order valence-electron chi connectivity index (χ0n) is 10.6. The lowest BCUT2D eigenvalue weighted by atomic mass is 10.1. The Morgan fingerprint density at radius 3 is 2.57 bits per heavy atom. The average molecular weight is 298 g/mol. The molecule has 0 saturated carbocycles. The summed E-state index contributed by atoms with van der Waals surface area (Å²) in [6.45, 7) is 0. The summed E-state index contributed by atoms with van der Waals surface area (Å²) < 4.78 is 0. The number of hydrogen-bond acceptors (Lipinski definition) is 4. The van der Waals surface area contributed by atoms with E-state index in [0.29, 0.717) is 5.02 Å². The fraction of sp³-hybridized carbons (Fsp3) is 0. The summed E-state index contributed by atoms with van der Waals surface area (Å²) in [5.74, 6) is -1.06. The predicted octanol–water partition coefficient (Wildman–Crippen LogP) is 2.59. The van der Waals surface area contributed by atoms with E-state index in [1.54, 1.807) is 12.1 Å². The molecule has 1 heterocycles. The monoisotopic (exact) mass is 297 g/mol. The van der Waals surface area contributed by atoms with Crippen LogP contribution in [0.25, 0.3) is 0 Å². The van der Waals surface area contributed by atoms with Crippen LogP contribution in [0.15, 0.2) is 36.4 Å². The minimum Gasteiger partial charge on any atom is -0.398 e. The largest absolute Gasteiger partial charge is 0.398 e. The van der Waals surface area contributed by atoms with Gasteiger partial charge in [0.05, 0.1) is 22.4 Å². The molecule has 0 spiro atoms. The van der Waals surface area contributed by atoms with Crippen LogP contribution >= 0.6 is 11.6 Å². The van der Waals surface area contributed by atoms with E-state index in [2.05, 4.69) is 0 Å². The number of nitriles is 1. The first-order valence-corrected chi connectivity index (χ1v) is 6.39. The van der Waals surface area contributed by atoms with Crippen LogP contribution in [-0.4, -0.2) is 11.8 Å². The molecule has 0 saturated heterocycles. The highest BCUT2D eigenvalue weighted by atomic mass is 35.5. The summed E-state index contributed by atoms with van der Waals surface area (Å²) in [7, 11) is 0. The third-order valence-electron chi connectivity index (χ3n) is 3.27. The van der Waals surface area contributed by atoms with E-state index in [1.165, 1.54) is 24.3 Å². The van der Waals surface area contributed by atoms with Gasteiger partial charge in [-0.3, -0.25) is 9.59 Å². The number of nitrogens with two attached hydrogens (primary N) is 1. The van der Waals surface area contributed by atoms with Crippen LogP contribution in [0.3, 0.4) is 0 Å². The van der Waals surface area contributed by atoms with Crippen LogP contribution in [-0.2, 0) is 0 Å². The first kappa shape index (κ1) is 13.2. The SMILES string of the molecule is N#Cc1ccc(Cl)cc1N1C(=O)c2cccc(N)c2C1=O. The van der Waals surface area contributed by atoms with Crippen molar-refractivity contribution in [2.24, 2.45) is 0 Å². The van der Waals surface area contributed by atoms with Gasteiger partial charge in [0, 0.05) is 10.7 Å². The number of nitrogen functional groups attached to an aromatic ring is 1. The van der Waals surface area contributed by atoms with Crippen molar-refractivity contribution in [1.82, 2.24) is 0 Å². The number of amides is 2. The number of fused-ring (bicyclic) bond motifs is 1. The van der Waals surface area contributed by atoms with Crippen molar-refractivity contribution in [3.05, 3.63) is 58.1 Å². The number of anilines is 2. The maximum atomic E-state index is 12.5. The summed E-state index contributed by atoms with van der Waals surface area (Å²) in [5.41, 5.74) is 6.74. The molecule has 0 atom stereocenters. The van der Waals surface area contributed by atoms with Gasteiger partial charge in [-0.2, -0.15) is 5.26 Å². The zero-order chi connectivity index (χ0) is 15.1. The Balaban J connectivity index is 2.22. The van der Waals surface area contributed by atoms with E-state index in [9.17, 15) is 9.59 Å². The zero-order valence-corrected chi connectivity index (χ0v) is 11.4. The van der Waals surface area contributed by atoms with Crippen molar-refractivity contribution in [3.8, 4) is 6.07 Å². The second-order valence-corrected chi connectivity index (χ2v) is 4.93. The van der Waals surface area contributed by atoms with Crippen LogP contribution in [0.5, 0.6) is 0 Å². The van der Waals surface area contributed by atoms with E-state index in [-0.39, 0.29) is 28.1 Å². The van der Waals surface area contributed by atoms with Gasteiger partial charge in [0.15, 0.2) is 0 Å². The van der Waals surface area contributed by atoms with Gasteiger partial charge in [-0.05, 0) is 30.3 Å². The summed E-state index contributed by atoms with van der Waals surface area (Å²) >= 11 is 5.91. The van der Waals surface area contributed by atoms with Crippen molar-refractivity contribution in [3.63, 3.8) is 0 Å². The fourth-order valence-corrected chi connectivity index (χ4v) is 2.48. The summed E-state index contributed by atoms with van der Waals surface area (Å²) in [6.07, 6.45) is 0. The van der Waals surface area contributed by atoms with Gasteiger partial charge in [-0.1, -0.05) is 17.7 Å². The standard InChI is InChI=1S/C15H8ClN3O2/c16-9-5-4-8(7-17)12(6-9)19-14(20)10-2-1-3-11(18)13(10)15(19)21/h1-6H,18H2. The van der Waals surface area contributed by atoms with Crippen LogP contribution < -0.4 is 10.6 Å². The lowest BCUT2D eigenvalue weighted by Gasteiger charge is -2.15. The van der Waals surface area contributed by atoms with E-state index in [4.69, 9.17) is 22.6 Å². The minimum atomic E-state index is -0.549. The third kappa shape index (κ3) is 1.85. The predicted molar refractivity (Wildman–Crippen MR) is 78.2 cm³/mol. The Morgan fingerprint density at radius 2 is 1.90 bits per heavy atom. The number of carbonyl (C=O) groups excluding carboxylic acids is 2. The van der Waals surface area contributed by atoms with Crippen LogP contribution in [0.2, 0.25) is 5.02 Å². The fourth-order valence-electron chi connectivity index (χ4n) is 2.31. The Hall–Kier alpha value is -2.84. The number of benzene rings is 2. The molecule has 2 amide bonds. The maximum Gasteiger partial charge on any atom is 0.268 e. The number of carbonyl (C=O) groups is 2. The lowest BCUT2D eigenvalue weighted by molar-refractivity contribution is 0.0926. The van der Waals surface area contributed by atoms with Crippen LogP contribution in [0, 0.1) is 11.3 Å². The molecular formula is C15H8ClN3O2. The van der Waals surface area contributed by atoms with Gasteiger partial charge in [0.1, 0.15) is 6.07 Å². The molecule has 0 aromatic heterocycles. The first-order chi connectivity index (χ1) is 10.0. The molecule has 0 bridgehead atoms. The molecule has 1 aliphatic heterocycles. The molecule has 102 valence electrons. The van der Waals surface area contributed by atoms with Crippen molar-refractivity contribution < 1.29 is 9.59 Å². The third-order valence-corrected chi connectivity index (χ3v) is 3.50. The summed E-state index contributed by atoms with van der Waals surface area (Å²) in [5, 5.41) is 9.47. The molecular weight excluding hydrogens is 290 g/mol. The molecule has 2 aromatic carbocycles. The maximum absolute atomic E-state index is 12.5. The topological polar surface area (TPSA) is 87.2 Å². The Bertz CT molecular complexity index is 839. The number of rotatable bonds is 1. The summed E-state index contributed by atoms with van der Waals surface area (Å²) in [6, 6.07) is 11.0. The first-order valence-electron chi connectivity index (χ1n) is 6.01. The highest BCUT2D eigenvalue weighted by Crippen LogP contribution is 2.34. The van der Waals surface area contributed by atoms with E-state index >= 15 is 0 Å². The normalized spacial score (nSPS) is 13.2. The highest BCUT2D eigenvalue weighted by Gasteiger charge is 2.39. The quantitative estimate of drug-likeness (QED) is 0.647. The lowest BCUT2D eigenvalue weighted by Crippen LogP contribution is -2.30.